The first kappa shape index (κ1) is 23.4. The van der Waals surface area contributed by atoms with Crippen LogP contribution in [-0.2, 0) is 14.4 Å². The number of hydrogen-bond acceptors (Lipinski definition) is 5. The zero-order chi connectivity index (χ0) is 23.3. The van der Waals surface area contributed by atoms with Crippen LogP contribution in [0.15, 0.2) is 24.3 Å². The lowest BCUT2D eigenvalue weighted by atomic mass is 9.66. The van der Waals surface area contributed by atoms with Crippen molar-refractivity contribution in [3.8, 4) is 0 Å². The van der Waals surface area contributed by atoms with E-state index in [4.69, 9.17) is 11.6 Å². The number of carbonyl (C=O) groups is 3. The summed E-state index contributed by atoms with van der Waals surface area (Å²) >= 11 is 7.87. The van der Waals surface area contributed by atoms with Gasteiger partial charge in [-0.1, -0.05) is 30.7 Å². The largest absolute Gasteiger partial charge is 0.394 e. The van der Waals surface area contributed by atoms with Crippen molar-refractivity contribution in [1.29, 1.82) is 0 Å². The van der Waals surface area contributed by atoms with Gasteiger partial charge in [-0.3, -0.25) is 14.4 Å². The highest BCUT2D eigenvalue weighted by Gasteiger charge is 2.77. The van der Waals surface area contributed by atoms with Crippen LogP contribution in [-0.4, -0.2) is 62.5 Å². The monoisotopic (exact) mass is 479 g/mol. The SMILES string of the molecule is CCCNC(=O)[C@H]1[C@H]2C(=O)N([C@H](C)CO)C(C(=O)Nc3ccccc3Cl)C23CC[C@]1(C)S3. The van der Waals surface area contributed by atoms with E-state index in [-0.39, 0.29) is 24.3 Å². The summed E-state index contributed by atoms with van der Waals surface area (Å²) in [7, 11) is 0. The molecule has 3 aliphatic rings. The number of rotatable bonds is 7. The fourth-order valence-corrected chi connectivity index (χ4v) is 8.27. The lowest BCUT2D eigenvalue weighted by Gasteiger charge is -2.36. The van der Waals surface area contributed by atoms with Crippen molar-refractivity contribution in [1.82, 2.24) is 10.2 Å². The number of halogens is 1. The Hall–Kier alpha value is -1.77. The van der Waals surface area contributed by atoms with E-state index in [1.807, 2.05) is 13.8 Å². The van der Waals surface area contributed by atoms with Crippen LogP contribution in [0.1, 0.15) is 40.0 Å². The molecule has 7 nitrogen and oxygen atoms in total. The van der Waals surface area contributed by atoms with Crippen molar-refractivity contribution in [3.05, 3.63) is 29.3 Å². The van der Waals surface area contributed by atoms with Gasteiger partial charge in [0.15, 0.2) is 0 Å². The third-order valence-corrected chi connectivity index (χ3v) is 9.48. The quantitative estimate of drug-likeness (QED) is 0.558. The van der Waals surface area contributed by atoms with E-state index in [1.54, 1.807) is 43.0 Å². The van der Waals surface area contributed by atoms with Crippen molar-refractivity contribution >= 4 is 46.8 Å². The predicted molar refractivity (Wildman–Crippen MR) is 126 cm³/mol. The molecule has 3 N–H and O–H groups in total. The molecule has 1 spiro atoms. The minimum absolute atomic E-state index is 0.120. The molecule has 0 radical (unpaired) electrons. The van der Waals surface area contributed by atoms with Gasteiger partial charge >= 0.3 is 0 Å². The maximum Gasteiger partial charge on any atom is 0.248 e. The summed E-state index contributed by atoms with van der Waals surface area (Å²) in [5, 5.41) is 16.2. The summed E-state index contributed by atoms with van der Waals surface area (Å²) in [5.74, 6) is -1.78. The van der Waals surface area contributed by atoms with E-state index in [0.717, 1.165) is 12.8 Å². The highest BCUT2D eigenvalue weighted by Crippen LogP contribution is 2.71. The number of para-hydroxylation sites is 1. The number of benzene rings is 1. The van der Waals surface area contributed by atoms with Gasteiger partial charge in [0.2, 0.25) is 17.7 Å². The number of aliphatic hydroxyl groups is 1. The maximum atomic E-state index is 13.8. The van der Waals surface area contributed by atoms with Crippen LogP contribution in [0.2, 0.25) is 5.02 Å². The van der Waals surface area contributed by atoms with Crippen LogP contribution in [0, 0.1) is 11.8 Å². The molecule has 174 valence electrons. The number of thioether (sulfide) groups is 1. The maximum absolute atomic E-state index is 13.8. The molecule has 3 heterocycles. The van der Waals surface area contributed by atoms with E-state index in [0.29, 0.717) is 23.7 Å². The topological polar surface area (TPSA) is 98.7 Å². The van der Waals surface area contributed by atoms with Crippen LogP contribution in [0.4, 0.5) is 5.69 Å². The number of carbonyl (C=O) groups excluding carboxylic acids is 3. The van der Waals surface area contributed by atoms with E-state index >= 15 is 0 Å². The first-order chi connectivity index (χ1) is 15.2. The fourth-order valence-electron chi connectivity index (χ4n) is 5.75. The second-order valence-electron chi connectivity index (χ2n) is 9.26. The van der Waals surface area contributed by atoms with Crippen molar-refractivity contribution < 1.29 is 19.5 Å². The third-order valence-electron chi connectivity index (χ3n) is 7.17. The summed E-state index contributed by atoms with van der Waals surface area (Å²) in [6.45, 7) is 6.04. The number of likely N-dealkylation sites (tertiary alicyclic amines) is 1. The minimum Gasteiger partial charge on any atom is -0.394 e. The Morgan fingerprint density at radius 2 is 2.03 bits per heavy atom. The first-order valence-corrected chi connectivity index (χ1v) is 12.4. The Kier molecular flexibility index (Phi) is 6.24. The predicted octanol–water partition coefficient (Wildman–Crippen LogP) is 2.67. The molecule has 4 rings (SSSR count). The average Bonchev–Trinajstić information content (AvgIpc) is 3.34. The highest BCUT2D eigenvalue weighted by atomic mass is 35.5. The van der Waals surface area contributed by atoms with E-state index in [9.17, 15) is 19.5 Å². The van der Waals surface area contributed by atoms with Gasteiger partial charge in [-0.15, -0.1) is 11.8 Å². The zero-order valence-corrected chi connectivity index (χ0v) is 20.1. The smallest absolute Gasteiger partial charge is 0.248 e. The molecule has 6 atom stereocenters. The summed E-state index contributed by atoms with van der Waals surface area (Å²) in [5.41, 5.74) is 0.476. The van der Waals surface area contributed by atoms with Crippen molar-refractivity contribution in [2.45, 2.75) is 61.6 Å². The number of hydrogen-bond donors (Lipinski definition) is 3. The summed E-state index contributed by atoms with van der Waals surface area (Å²) in [6, 6.07) is 5.62. The first-order valence-electron chi connectivity index (χ1n) is 11.2. The van der Waals surface area contributed by atoms with Crippen LogP contribution in [0.25, 0.3) is 0 Å². The second kappa shape index (κ2) is 8.54. The Morgan fingerprint density at radius 1 is 1.31 bits per heavy atom. The lowest BCUT2D eigenvalue weighted by Crippen LogP contribution is -2.54. The van der Waals surface area contributed by atoms with Crippen LogP contribution < -0.4 is 10.6 Å². The fraction of sp³-hybridized carbons (Fsp3) is 0.609. The summed E-state index contributed by atoms with van der Waals surface area (Å²) < 4.78 is -1.12. The Labute approximate surface area is 197 Å². The number of anilines is 1. The summed E-state index contributed by atoms with van der Waals surface area (Å²) in [4.78, 5) is 42.1. The van der Waals surface area contributed by atoms with Crippen molar-refractivity contribution in [2.75, 3.05) is 18.5 Å². The van der Waals surface area contributed by atoms with Gasteiger partial charge in [0, 0.05) is 11.3 Å². The molecule has 9 heteroatoms. The number of fused-ring (bicyclic) bond motifs is 1. The molecule has 3 fully saturated rings. The molecular formula is C23H30ClN3O4S. The molecule has 2 bridgehead atoms. The summed E-state index contributed by atoms with van der Waals surface area (Å²) in [6.07, 6.45) is 2.23. The Bertz CT molecular complexity index is 946. The Balaban J connectivity index is 1.74. The van der Waals surface area contributed by atoms with Gasteiger partial charge in [0.05, 0.1) is 39.9 Å². The molecule has 1 aromatic rings. The van der Waals surface area contributed by atoms with Crippen molar-refractivity contribution in [3.63, 3.8) is 0 Å². The zero-order valence-electron chi connectivity index (χ0n) is 18.6. The van der Waals surface area contributed by atoms with Gasteiger partial charge < -0.3 is 20.6 Å². The molecule has 32 heavy (non-hydrogen) atoms. The highest BCUT2D eigenvalue weighted by molar-refractivity contribution is 8.02. The van der Waals surface area contributed by atoms with E-state index in [1.165, 1.54) is 4.90 Å². The van der Waals surface area contributed by atoms with Gasteiger partial charge in [-0.2, -0.15) is 0 Å². The molecule has 3 aliphatic heterocycles. The molecule has 3 amide bonds. The van der Waals surface area contributed by atoms with Crippen LogP contribution in [0.5, 0.6) is 0 Å². The molecule has 0 aromatic heterocycles. The number of aliphatic hydroxyl groups excluding tert-OH is 1. The molecular weight excluding hydrogens is 450 g/mol. The number of nitrogens with zero attached hydrogens (tertiary/aromatic N) is 1. The normalized spacial score (nSPS) is 33.8. The standard InChI is InChI=1S/C23H30ClN3O4S/c1-4-11-25-19(29)16-17-21(31)27(13(2)12-28)18(23(17)10-9-22(16,3)32-23)20(30)26-15-8-6-5-7-14(15)24/h5-8,13,16-18,28H,4,9-12H2,1-3H3,(H,25,29)(H,26,30)/t13-,16-,17+,18?,22+,23?/m1/s1. The molecule has 3 saturated heterocycles. The Morgan fingerprint density at radius 3 is 2.69 bits per heavy atom. The van der Waals surface area contributed by atoms with Gasteiger partial charge in [-0.25, -0.2) is 0 Å². The molecule has 2 unspecified atom stereocenters. The molecule has 0 saturated carbocycles. The third kappa shape index (κ3) is 3.42. The lowest BCUT2D eigenvalue weighted by molar-refractivity contribution is -0.142. The number of nitrogens with one attached hydrogen (secondary N) is 2. The molecule has 0 aliphatic carbocycles. The molecule has 1 aromatic carbocycles. The average molecular weight is 480 g/mol. The van der Waals surface area contributed by atoms with E-state index < -0.39 is 33.4 Å². The van der Waals surface area contributed by atoms with Crippen LogP contribution in [0.3, 0.4) is 0 Å². The van der Waals surface area contributed by atoms with Crippen molar-refractivity contribution in [2.24, 2.45) is 11.8 Å². The van der Waals surface area contributed by atoms with E-state index in [2.05, 4.69) is 10.6 Å². The minimum atomic E-state index is -0.797. The van der Waals surface area contributed by atoms with Gasteiger partial charge in [-0.05, 0) is 45.2 Å². The van der Waals surface area contributed by atoms with Gasteiger partial charge in [0.25, 0.3) is 0 Å². The number of amides is 3. The van der Waals surface area contributed by atoms with Gasteiger partial charge in [0.1, 0.15) is 6.04 Å². The van der Waals surface area contributed by atoms with Crippen LogP contribution >= 0.6 is 23.4 Å². The second-order valence-corrected chi connectivity index (χ2v) is 11.6.